The first-order chi connectivity index (χ1) is 14.7. The summed E-state index contributed by atoms with van der Waals surface area (Å²) < 4.78 is 11.1. The molecular weight excluding hydrogens is 402 g/mol. The number of carbonyl (C=O) groups is 2. The molecule has 1 atom stereocenters. The van der Waals surface area contributed by atoms with Gasteiger partial charge in [0.15, 0.2) is 11.5 Å². The molecule has 0 bridgehead atoms. The summed E-state index contributed by atoms with van der Waals surface area (Å²) in [6.07, 6.45) is 0. The summed E-state index contributed by atoms with van der Waals surface area (Å²) >= 11 is 0. The lowest BCUT2D eigenvalue weighted by molar-refractivity contribution is -0.384. The van der Waals surface area contributed by atoms with Gasteiger partial charge in [-0.1, -0.05) is 26.0 Å². The van der Waals surface area contributed by atoms with E-state index in [1.165, 1.54) is 18.2 Å². The van der Waals surface area contributed by atoms with Gasteiger partial charge >= 0.3 is 0 Å². The van der Waals surface area contributed by atoms with Gasteiger partial charge in [0.2, 0.25) is 5.91 Å². The Morgan fingerprint density at radius 2 is 1.84 bits per heavy atom. The summed E-state index contributed by atoms with van der Waals surface area (Å²) in [6.45, 7) is 6.21. The van der Waals surface area contributed by atoms with Gasteiger partial charge in [-0.25, -0.2) is 0 Å². The molecular formula is C22H27N3O6. The summed E-state index contributed by atoms with van der Waals surface area (Å²) in [6, 6.07) is 10.4. The van der Waals surface area contributed by atoms with Crippen LogP contribution in [0, 0.1) is 16.0 Å². The monoisotopic (exact) mass is 429 g/mol. The van der Waals surface area contributed by atoms with E-state index in [9.17, 15) is 19.7 Å². The van der Waals surface area contributed by atoms with Gasteiger partial charge in [0.25, 0.3) is 11.6 Å². The fourth-order valence-corrected chi connectivity index (χ4v) is 2.73. The van der Waals surface area contributed by atoms with Gasteiger partial charge in [0, 0.05) is 17.7 Å². The van der Waals surface area contributed by atoms with Crippen LogP contribution in [0.1, 0.15) is 42.7 Å². The maximum atomic E-state index is 12.2. The quantitative estimate of drug-likeness (QED) is 0.442. The molecule has 2 aromatic rings. The highest BCUT2D eigenvalue weighted by Gasteiger charge is 2.16. The number of ether oxygens (including phenoxy) is 2. The highest BCUT2D eigenvalue weighted by atomic mass is 16.6. The van der Waals surface area contributed by atoms with Crippen LogP contribution in [0.25, 0.3) is 0 Å². The minimum absolute atomic E-state index is 0.108. The van der Waals surface area contributed by atoms with E-state index in [4.69, 9.17) is 9.47 Å². The van der Waals surface area contributed by atoms with Gasteiger partial charge in [-0.3, -0.25) is 19.7 Å². The van der Waals surface area contributed by atoms with Gasteiger partial charge in [0.1, 0.15) is 0 Å². The fourth-order valence-electron chi connectivity index (χ4n) is 2.73. The first kappa shape index (κ1) is 23.7. The van der Waals surface area contributed by atoms with Crippen LogP contribution in [0.15, 0.2) is 42.5 Å². The molecule has 9 heteroatoms. The number of methoxy groups -OCH3 is 1. The summed E-state index contributed by atoms with van der Waals surface area (Å²) in [7, 11) is 1.55. The first-order valence-corrected chi connectivity index (χ1v) is 9.84. The smallest absolute Gasteiger partial charge is 0.270 e. The minimum Gasteiger partial charge on any atom is -0.493 e. The second-order valence-electron chi connectivity index (χ2n) is 7.39. The number of non-ortho nitro benzene ring substituents is 1. The van der Waals surface area contributed by atoms with Gasteiger partial charge in [-0.05, 0) is 36.6 Å². The average molecular weight is 429 g/mol. The predicted molar refractivity (Wildman–Crippen MR) is 115 cm³/mol. The van der Waals surface area contributed by atoms with Crippen molar-refractivity contribution in [1.82, 2.24) is 10.6 Å². The molecule has 166 valence electrons. The van der Waals surface area contributed by atoms with Crippen molar-refractivity contribution in [2.75, 3.05) is 20.3 Å². The number of nitrogens with zero attached hydrogens (tertiary/aromatic N) is 1. The Bertz CT molecular complexity index is 945. The van der Waals surface area contributed by atoms with Crippen molar-refractivity contribution in [3.05, 3.63) is 63.7 Å². The molecule has 0 saturated heterocycles. The van der Waals surface area contributed by atoms with Crippen LogP contribution in [0.3, 0.4) is 0 Å². The first-order valence-electron chi connectivity index (χ1n) is 9.84. The van der Waals surface area contributed by atoms with Crippen molar-refractivity contribution in [2.24, 2.45) is 5.92 Å². The number of carbonyl (C=O) groups excluding carboxylic acids is 2. The Morgan fingerprint density at radius 3 is 2.48 bits per heavy atom. The van der Waals surface area contributed by atoms with Gasteiger partial charge < -0.3 is 20.1 Å². The van der Waals surface area contributed by atoms with Crippen molar-refractivity contribution in [2.45, 2.75) is 26.8 Å². The van der Waals surface area contributed by atoms with Crippen LogP contribution in [-0.4, -0.2) is 37.0 Å². The van der Waals surface area contributed by atoms with Crippen molar-refractivity contribution >= 4 is 17.5 Å². The van der Waals surface area contributed by atoms with E-state index < -0.39 is 16.7 Å². The van der Waals surface area contributed by atoms with E-state index in [2.05, 4.69) is 24.5 Å². The molecule has 2 N–H and O–H groups in total. The third-order valence-electron chi connectivity index (χ3n) is 4.37. The van der Waals surface area contributed by atoms with Crippen molar-refractivity contribution < 1.29 is 24.0 Å². The number of rotatable bonds is 10. The minimum atomic E-state index is -0.585. The Hall–Kier alpha value is -3.62. The third-order valence-corrected chi connectivity index (χ3v) is 4.37. The maximum Gasteiger partial charge on any atom is 0.270 e. The molecule has 0 aliphatic heterocycles. The maximum absolute atomic E-state index is 12.2. The van der Waals surface area contributed by atoms with Crippen LogP contribution in [0.5, 0.6) is 11.5 Å². The lowest BCUT2D eigenvalue weighted by Crippen LogP contribution is -2.38. The average Bonchev–Trinajstić information content (AvgIpc) is 2.75. The number of nitro benzene ring substituents is 1. The van der Waals surface area contributed by atoms with Crippen LogP contribution >= 0.6 is 0 Å². The Morgan fingerprint density at radius 1 is 1.10 bits per heavy atom. The van der Waals surface area contributed by atoms with E-state index in [-0.39, 0.29) is 23.8 Å². The Balaban J connectivity index is 1.94. The molecule has 31 heavy (non-hydrogen) atoms. The number of hydrogen-bond acceptors (Lipinski definition) is 6. The number of hydrogen-bond donors (Lipinski definition) is 2. The molecule has 0 aromatic heterocycles. The van der Waals surface area contributed by atoms with Crippen LogP contribution in [0.2, 0.25) is 0 Å². The van der Waals surface area contributed by atoms with Crippen molar-refractivity contribution in [1.29, 1.82) is 0 Å². The molecule has 2 aromatic carbocycles. The van der Waals surface area contributed by atoms with Gasteiger partial charge in [-0.2, -0.15) is 0 Å². The van der Waals surface area contributed by atoms with E-state index >= 15 is 0 Å². The Labute approximate surface area is 180 Å². The molecule has 0 radical (unpaired) electrons. The second kappa shape index (κ2) is 11.0. The highest BCUT2D eigenvalue weighted by Crippen LogP contribution is 2.30. The van der Waals surface area contributed by atoms with Crippen LogP contribution < -0.4 is 20.1 Å². The van der Waals surface area contributed by atoms with Crippen molar-refractivity contribution in [3.8, 4) is 11.5 Å². The Kier molecular flexibility index (Phi) is 8.36. The van der Waals surface area contributed by atoms with E-state index in [1.807, 2.05) is 13.0 Å². The normalized spacial score (nSPS) is 11.5. The summed E-state index contributed by atoms with van der Waals surface area (Å²) in [4.78, 5) is 34.7. The second-order valence-corrected chi connectivity index (χ2v) is 7.39. The summed E-state index contributed by atoms with van der Waals surface area (Å²) in [5, 5.41) is 16.1. The molecule has 0 fully saturated rings. The summed E-state index contributed by atoms with van der Waals surface area (Å²) in [5.74, 6) is 0.603. The predicted octanol–water partition coefficient (Wildman–Crippen LogP) is 3.25. The molecule has 0 saturated carbocycles. The summed E-state index contributed by atoms with van der Waals surface area (Å²) in [5.41, 5.74) is 0.726. The zero-order valence-corrected chi connectivity index (χ0v) is 18.0. The number of nitrogens with one attached hydrogen (secondary N) is 2. The van der Waals surface area contributed by atoms with Crippen LogP contribution in [-0.2, 0) is 4.79 Å². The molecule has 2 amide bonds. The van der Waals surface area contributed by atoms with E-state index in [0.717, 1.165) is 11.6 Å². The topological polar surface area (TPSA) is 120 Å². The highest BCUT2D eigenvalue weighted by molar-refractivity contribution is 5.97. The largest absolute Gasteiger partial charge is 0.493 e. The zero-order valence-electron chi connectivity index (χ0n) is 18.0. The molecule has 0 aliphatic carbocycles. The molecule has 2 rings (SSSR count). The molecule has 0 heterocycles. The van der Waals surface area contributed by atoms with E-state index in [1.54, 1.807) is 19.2 Å². The molecule has 9 nitrogen and oxygen atoms in total. The van der Waals surface area contributed by atoms with E-state index in [0.29, 0.717) is 24.0 Å². The molecule has 0 aliphatic rings. The number of nitro groups is 1. The van der Waals surface area contributed by atoms with Gasteiger partial charge in [0.05, 0.1) is 31.2 Å². The van der Waals surface area contributed by atoms with Crippen molar-refractivity contribution in [3.63, 3.8) is 0 Å². The fraction of sp³-hybridized carbons (Fsp3) is 0.364. The van der Waals surface area contributed by atoms with Gasteiger partial charge in [-0.15, -0.1) is 0 Å². The lowest BCUT2D eigenvalue weighted by atomic mass is 10.1. The number of amides is 2. The SMILES string of the molecule is COc1cc(C(C)NC(=O)CNC(=O)c2cccc([N+](=O)[O-])c2)ccc1OCC(C)C. The molecule has 1 unspecified atom stereocenters. The lowest BCUT2D eigenvalue weighted by Gasteiger charge is -2.18. The number of benzene rings is 2. The third kappa shape index (κ3) is 6.98. The van der Waals surface area contributed by atoms with Crippen LogP contribution in [0.4, 0.5) is 5.69 Å². The standard InChI is InChI=1S/C22H27N3O6/c1-14(2)13-31-19-9-8-16(11-20(19)30-4)15(3)24-21(26)12-23-22(27)17-6-5-7-18(10-17)25(28)29/h5-11,14-15H,12-13H2,1-4H3,(H,23,27)(H,24,26). The zero-order chi connectivity index (χ0) is 23.0. The molecule has 0 spiro atoms.